The molecule has 0 aliphatic rings. The summed E-state index contributed by atoms with van der Waals surface area (Å²) in [4.78, 5) is 22.8. The molecule has 0 radical (unpaired) electrons. The molecule has 0 N–H and O–H groups in total. The second-order valence-corrected chi connectivity index (χ2v) is 6.87. The van der Waals surface area contributed by atoms with Gasteiger partial charge in [0.05, 0.1) is 28.2 Å². The molecule has 4 aromatic rings. The van der Waals surface area contributed by atoms with Crippen LogP contribution in [0.5, 0.6) is 0 Å². The van der Waals surface area contributed by atoms with Gasteiger partial charge in [-0.05, 0) is 43.2 Å². The standard InChI is InChI=1S/C20H17FN4O4/c1-11-19(12(2)29-22-11)14-5-7-17-18(9-14)23(3)20(26)24(17)10-13-4-6-16(25(27)28)15(21)8-13/h4-9H,10H2,1-3H3. The Morgan fingerprint density at radius 1 is 1.17 bits per heavy atom. The van der Waals surface area contributed by atoms with Gasteiger partial charge in [0.15, 0.2) is 0 Å². The largest absolute Gasteiger partial charge is 0.361 e. The van der Waals surface area contributed by atoms with Gasteiger partial charge in [-0.15, -0.1) is 0 Å². The fourth-order valence-electron chi connectivity index (χ4n) is 3.59. The minimum Gasteiger partial charge on any atom is -0.361 e. The van der Waals surface area contributed by atoms with Gasteiger partial charge in [0.2, 0.25) is 5.82 Å². The van der Waals surface area contributed by atoms with Gasteiger partial charge < -0.3 is 4.52 Å². The SMILES string of the molecule is Cc1noc(C)c1-c1ccc2c(c1)n(C)c(=O)n2Cc1ccc([N+](=O)[O-])c(F)c1. The summed E-state index contributed by atoms with van der Waals surface area (Å²) in [6, 6.07) is 9.22. The Bertz CT molecular complexity index is 1310. The number of hydrogen-bond donors (Lipinski definition) is 0. The third-order valence-corrected chi connectivity index (χ3v) is 5.02. The van der Waals surface area contributed by atoms with Crippen molar-refractivity contribution >= 4 is 16.7 Å². The summed E-state index contributed by atoms with van der Waals surface area (Å²) in [6.07, 6.45) is 0. The normalized spacial score (nSPS) is 11.3. The molecule has 0 atom stereocenters. The van der Waals surface area contributed by atoms with E-state index in [1.807, 2.05) is 32.0 Å². The number of rotatable bonds is 4. The summed E-state index contributed by atoms with van der Waals surface area (Å²) >= 11 is 0. The Hall–Kier alpha value is -3.75. The van der Waals surface area contributed by atoms with E-state index >= 15 is 0 Å². The van der Waals surface area contributed by atoms with Crippen LogP contribution < -0.4 is 5.69 Å². The van der Waals surface area contributed by atoms with Crippen LogP contribution in [0.2, 0.25) is 0 Å². The minimum atomic E-state index is -0.929. The predicted molar refractivity (Wildman–Crippen MR) is 104 cm³/mol. The highest BCUT2D eigenvalue weighted by atomic mass is 19.1. The summed E-state index contributed by atoms with van der Waals surface area (Å²) in [7, 11) is 1.66. The quantitative estimate of drug-likeness (QED) is 0.387. The van der Waals surface area contributed by atoms with E-state index in [-0.39, 0.29) is 12.2 Å². The fourth-order valence-corrected chi connectivity index (χ4v) is 3.59. The Morgan fingerprint density at radius 2 is 1.93 bits per heavy atom. The second-order valence-electron chi connectivity index (χ2n) is 6.87. The van der Waals surface area contributed by atoms with Crippen molar-refractivity contribution in [2.45, 2.75) is 20.4 Å². The summed E-state index contributed by atoms with van der Waals surface area (Å²) < 4.78 is 22.2. The lowest BCUT2D eigenvalue weighted by Gasteiger charge is -2.05. The van der Waals surface area contributed by atoms with Gasteiger partial charge >= 0.3 is 11.4 Å². The molecule has 0 fully saturated rings. The fraction of sp³-hybridized carbons (Fsp3) is 0.200. The summed E-state index contributed by atoms with van der Waals surface area (Å²) in [6.45, 7) is 3.77. The molecule has 0 bridgehead atoms. The van der Waals surface area contributed by atoms with Crippen LogP contribution in [-0.2, 0) is 13.6 Å². The van der Waals surface area contributed by atoms with Crippen molar-refractivity contribution < 1.29 is 13.8 Å². The molecule has 4 rings (SSSR count). The zero-order valence-corrected chi connectivity index (χ0v) is 16.0. The maximum absolute atomic E-state index is 14.0. The van der Waals surface area contributed by atoms with Crippen LogP contribution in [0.3, 0.4) is 0 Å². The molecule has 2 heterocycles. The highest BCUT2D eigenvalue weighted by molar-refractivity contribution is 5.83. The number of nitro benzene ring substituents is 1. The van der Waals surface area contributed by atoms with Crippen LogP contribution in [0.25, 0.3) is 22.2 Å². The number of halogens is 1. The van der Waals surface area contributed by atoms with Crippen LogP contribution in [0, 0.1) is 29.8 Å². The Labute approximate surface area is 163 Å². The average molecular weight is 396 g/mol. The van der Waals surface area contributed by atoms with Crippen LogP contribution >= 0.6 is 0 Å². The lowest BCUT2D eigenvalue weighted by Crippen LogP contribution is -2.22. The Kier molecular flexibility index (Phi) is 4.30. The number of nitro groups is 1. The minimum absolute atomic E-state index is 0.0930. The van der Waals surface area contributed by atoms with Gasteiger partial charge in [-0.2, -0.15) is 4.39 Å². The average Bonchev–Trinajstić information content (AvgIpc) is 3.13. The van der Waals surface area contributed by atoms with E-state index in [9.17, 15) is 19.3 Å². The zero-order chi connectivity index (χ0) is 20.9. The van der Waals surface area contributed by atoms with Gasteiger partial charge in [0.1, 0.15) is 5.76 Å². The first-order valence-corrected chi connectivity index (χ1v) is 8.83. The van der Waals surface area contributed by atoms with Gasteiger partial charge in [-0.25, -0.2) is 4.79 Å². The first-order valence-electron chi connectivity index (χ1n) is 8.83. The van der Waals surface area contributed by atoms with Crippen molar-refractivity contribution in [1.29, 1.82) is 0 Å². The van der Waals surface area contributed by atoms with Crippen molar-refractivity contribution in [2.24, 2.45) is 7.05 Å². The van der Waals surface area contributed by atoms with Crippen molar-refractivity contribution in [3.8, 4) is 11.1 Å². The zero-order valence-electron chi connectivity index (χ0n) is 16.0. The van der Waals surface area contributed by atoms with Crippen molar-refractivity contribution in [3.05, 3.63) is 79.8 Å². The molecule has 0 unspecified atom stereocenters. The molecule has 148 valence electrons. The predicted octanol–water partition coefficient (Wildman–Crippen LogP) is 3.71. The number of aromatic nitrogens is 3. The molecular weight excluding hydrogens is 379 g/mol. The molecule has 0 aliphatic carbocycles. The highest BCUT2D eigenvalue weighted by Crippen LogP contribution is 2.29. The first-order chi connectivity index (χ1) is 13.8. The van der Waals surface area contributed by atoms with Crippen LogP contribution in [0.1, 0.15) is 17.0 Å². The third kappa shape index (κ3) is 3.00. The van der Waals surface area contributed by atoms with Crippen molar-refractivity contribution in [3.63, 3.8) is 0 Å². The Morgan fingerprint density at radius 3 is 2.55 bits per heavy atom. The Balaban J connectivity index is 1.80. The topological polar surface area (TPSA) is 96.1 Å². The van der Waals surface area contributed by atoms with E-state index in [0.717, 1.165) is 29.0 Å². The molecular formula is C20H17FN4O4. The molecule has 0 spiro atoms. The van der Waals surface area contributed by atoms with Crippen LogP contribution in [-0.4, -0.2) is 19.2 Å². The number of nitrogens with zero attached hydrogens (tertiary/aromatic N) is 4. The first kappa shape index (κ1) is 18.6. The van der Waals surface area contributed by atoms with Gasteiger partial charge in [-0.3, -0.25) is 19.2 Å². The van der Waals surface area contributed by atoms with E-state index in [0.29, 0.717) is 22.4 Å². The van der Waals surface area contributed by atoms with E-state index in [4.69, 9.17) is 4.52 Å². The lowest BCUT2D eigenvalue weighted by molar-refractivity contribution is -0.387. The van der Waals surface area contributed by atoms with Crippen LogP contribution in [0.15, 0.2) is 45.7 Å². The van der Waals surface area contributed by atoms with Crippen molar-refractivity contribution in [1.82, 2.24) is 14.3 Å². The second kappa shape index (κ2) is 6.69. The number of imidazole rings is 1. The molecule has 0 aliphatic heterocycles. The molecule has 0 saturated heterocycles. The monoisotopic (exact) mass is 396 g/mol. The summed E-state index contributed by atoms with van der Waals surface area (Å²) in [5.41, 5.74) is 3.48. The smallest absolute Gasteiger partial charge is 0.329 e. The highest BCUT2D eigenvalue weighted by Gasteiger charge is 2.18. The van der Waals surface area contributed by atoms with E-state index in [1.165, 1.54) is 15.2 Å². The molecule has 29 heavy (non-hydrogen) atoms. The number of benzene rings is 2. The van der Waals surface area contributed by atoms with E-state index in [2.05, 4.69) is 5.16 Å². The molecule has 9 heteroatoms. The van der Waals surface area contributed by atoms with Gasteiger partial charge in [0.25, 0.3) is 0 Å². The molecule has 2 aromatic heterocycles. The lowest BCUT2D eigenvalue weighted by atomic mass is 10.0. The van der Waals surface area contributed by atoms with Gasteiger partial charge in [0, 0.05) is 18.7 Å². The number of aryl methyl sites for hydroxylation is 3. The summed E-state index contributed by atoms with van der Waals surface area (Å²) in [5, 5.41) is 14.8. The molecule has 0 saturated carbocycles. The maximum Gasteiger partial charge on any atom is 0.329 e. The summed E-state index contributed by atoms with van der Waals surface area (Å²) in [5.74, 6) is -0.242. The molecule has 2 aromatic carbocycles. The molecule has 0 amide bonds. The van der Waals surface area contributed by atoms with E-state index in [1.54, 1.807) is 7.05 Å². The van der Waals surface area contributed by atoms with Crippen LogP contribution in [0.4, 0.5) is 10.1 Å². The van der Waals surface area contributed by atoms with Crippen molar-refractivity contribution in [2.75, 3.05) is 0 Å². The third-order valence-electron chi connectivity index (χ3n) is 5.02. The van der Waals surface area contributed by atoms with E-state index < -0.39 is 16.4 Å². The molecule has 8 nitrogen and oxygen atoms in total. The maximum atomic E-state index is 14.0. The van der Waals surface area contributed by atoms with Gasteiger partial charge in [-0.1, -0.05) is 17.3 Å². The number of hydrogen-bond acceptors (Lipinski definition) is 5. The number of fused-ring (bicyclic) bond motifs is 1.